The lowest BCUT2D eigenvalue weighted by Crippen LogP contribution is -2.43. The number of carbonyl (C=O) groups excluding carboxylic acids is 1. The van der Waals surface area contributed by atoms with Crippen molar-refractivity contribution >= 4 is 5.91 Å². The maximum atomic E-state index is 12.6. The van der Waals surface area contributed by atoms with E-state index in [4.69, 9.17) is 9.47 Å². The molecule has 1 aliphatic rings. The van der Waals surface area contributed by atoms with Crippen LogP contribution in [0.3, 0.4) is 0 Å². The van der Waals surface area contributed by atoms with E-state index < -0.39 is 0 Å². The zero-order valence-electron chi connectivity index (χ0n) is 13.0. The number of likely N-dealkylation sites (N-methyl/N-ethyl adjacent to an activating group) is 1. The molecule has 1 fully saturated rings. The van der Waals surface area contributed by atoms with Crippen LogP contribution in [0.25, 0.3) is 0 Å². The third-order valence-electron chi connectivity index (χ3n) is 3.82. The molecule has 0 spiro atoms. The quantitative estimate of drug-likeness (QED) is 0.858. The normalized spacial score (nSPS) is 21.3. The van der Waals surface area contributed by atoms with Gasteiger partial charge < -0.3 is 19.7 Å². The molecule has 5 nitrogen and oxygen atoms in total. The maximum Gasteiger partial charge on any atom is 0.229 e. The molecule has 0 aromatic heterocycles. The van der Waals surface area contributed by atoms with Crippen LogP contribution in [0.15, 0.2) is 24.3 Å². The third-order valence-corrected chi connectivity index (χ3v) is 3.82. The van der Waals surface area contributed by atoms with E-state index >= 15 is 0 Å². The van der Waals surface area contributed by atoms with Gasteiger partial charge in [-0.1, -0.05) is 18.2 Å². The minimum Gasteiger partial charge on any atom is -0.494 e. The van der Waals surface area contributed by atoms with Gasteiger partial charge in [-0.25, -0.2) is 0 Å². The molecule has 2 unspecified atom stereocenters. The summed E-state index contributed by atoms with van der Waals surface area (Å²) in [6.45, 7) is 4.20. The van der Waals surface area contributed by atoms with E-state index in [9.17, 15) is 4.79 Å². The maximum absolute atomic E-state index is 12.6. The molecule has 1 saturated heterocycles. The molecule has 2 rings (SSSR count). The second-order valence-electron chi connectivity index (χ2n) is 5.27. The Bertz CT molecular complexity index is 478. The molecule has 1 aromatic carbocycles. The van der Waals surface area contributed by atoms with Gasteiger partial charge in [-0.2, -0.15) is 0 Å². The van der Waals surface area contributed by atoms with Crippen LogP contribution in [0.4, 0.5) is 0 Å². The first-order valence-corrected chi connectivity index (χ1v) is 7.38. The largest absolute Gasteiger partial charge is 0.494 e. The summed E-state index contributed by atoms with van der Waals surface area (Å²) in [6, 6.07) is 7.94. The summed E-state index contributed by atoms with van der Waals surface area (Å²) in [5, 5.41) is 3.15. The van der Waals surface area contributed by atoms with Gasteiger partial charge in [-0.3, -0.25) is 4.79 Å². The first-order chi connectivity index (χ1) is 10.2. The summed E-state index contributed by atoms with van der Waals surface area (Å²) in [7, 11) is 3.69. The van der Waals surface area contributed by atoms with Gasteiger partial charge in [0.05, 0.1) is 25.7 Å². The van der Waals surface area contributed by atoms with Crippen LogP contribution in [0.5, 0.6) is 5.75 Å². The van der Waals surface area contributed by atoms with Gasteiger partial charge in [0.2, 0.25) is 5.91 Å². The average molecular weight is 292 g/mol. The van der Waals surface area contributed by atoms with Crippen LogP contribution in [-0.2, 0) is 16.1 Å². The molecule has 2 atom stereocenters. The Labute approximate surface area is 126 Å². The molecule has 0 saturated carbocycles. The lowest BCUT2D eigenvalue weighted by atomic mass is 10.0. The number of hydrogen-bond acceptors (Lipinski definition) is 4. The van der Waals surface area contributed by atoms with E-state index in [1.165, 1.54) is 0 Å². The topological polar surface area (TPSA) is 50.8 Å². The fourth-order valence-corrected chi connectivity index (χ4v) is 2.63. The number of nitrogens with zero attached hydrogens (tertiary/aromatic N) is 1. The molecule has 1 aliphatic heterocycles. The van der Waals surface area contributed by atoms with Crippen molar-refractivity contribution < 1.29 is 14.3 Å². The summed E-state index contributed by atoms with van der Waals surface area (Å²) >= 11 is 0. The summed E-state index contributed by atoms with van der Waals surface area (Å²) in [6.07, 6.45) is 0. The van der Waals surface area contributed by atoms with Crippen molar-refractivity contribution in [1.82, 2.24) is 10.2 Å². The first-order valence-electron chi connectivity index (χ1n) is 7.38. The molecule has 0 aliphatic carbocycles. The van der Waals surface area contributed by atoms with E-state index in [1.807, 2.05) is 45.3 Å². The van der Waals surface area contributed by atoms with Crippen molar-refractivity contribution in [2.75, 3.05) is 33.9 Å². The van der Waals surface area contributed by atoms with Gasteiger partial charge >= 0.3 is 0 Å². The second kappa shape index (κ2) is 7.43. The smallest absolute Gasteiger partial charge is 0.229 e. The Balaban J connectivity index is 2.04. The van der Waals surface area contributed by atoms with E-state index in [1.54, 1.807) is 4.90 Å². The van der Waals surface area contributed by atoms with E-state index in [0.29, 0.717) is 26.4 Å². The molecular formula is C16H24N2O3. The highest BCUT2D eigenvalue weighted by Crippen LogP contribution is 2.22. The lowest BCUT2D eigenvalue weighted by molar-refractivity contribution is -0.135. The Hall–Kier alpha value is -1.59. The van der Waals surface area contributed by atoms with E-state index in [2.05, 4.69) is 5.32 Å². The highest BCUT2D eigenvalue weighted by molar-refractivity contribution is 5.79. The number of rotatable bonds is 6. The van der Waals surface area contributed by atoms with Crippen molar-refractivity contribution in [3.05, 3.63) is 29.8 Å². The van der Waals surface area contributed by atoms with Crippen molar-refractivity contribution in [2.24, 2.45) is 5.92 Å². The van der Waals surface area contributed by atoms with Crippen molar-refractivity contribution in [3.63, 3.8) is 0 Å². The highest BCUT2D eigenvalue weighted by atomic mass is 16.5. The van der Waals surface area contributed by atoms with Gasteiger partial charge in [0.25, 0.3) is 0 Å². The average Bonchev–Trinajstić information content (AvgIpc) is 2.97. The van der Waals surface area contributed by atoms with Crippen molar-refractivity contribution in [3.8, 4) is 5.75 Å². The van der Waals surface area contributed by atoms with Gasteiger partial charge in [0.15, 0.2) is 0 Å². The monoisotopic (exact) mass is 292 g/mol. The Kier molecular flexibility index (Phi) is 5.59. The molecule has 21 heavy (non-hydrogen) atoms. The second-order valence-corrected chi connectivity index (χ2v) is 5.27. The number of para-hydroxylation sites is 1. The Morgan fingerprint density at radius 2 is 2.19 bits per heavy atom. The van der Waals surface area contributed by atoms with Crippen molar-refractivity contribution in [2.45, 2.75) is 19.5 Å². The fraction of sp³-hybridized carbons (Fsp3) is 0.562. The number of hydrogen-bond donors (Lipinski definition) is 1. The summed E-state index contributed by atoms with van der Waals surface area (Å²) in [5.74, 6) is 0.838. The fourth-order valence-electron chi connectivity index (χ4n) is 2.63. The van der Waals surface area contributed by atoms with Gasteiger partial charge in [-0.05, 0) is 20.0 Å². The standard InChI is InChI=1S/C16H24N2O3/c1-4-21-15-8-6-5-7-12(15)9-18(3)16(19)13-10-20-11-14(13)17-2/h5-8,13-14,17H,4,9-11H2,1-3H3. The summed E-state index contributed by atoms with van der Waals surface area (Å²) in [5.41, 5.74) is 1.02. The van der Waals surface area contributed by atoms with Crippen LogP contribution < -0.4 is 10.1 Å². The SMILES string of the molecule is CCOc1ccccc1CN(C)C(=O)C1COCC1NC. The van der Waals surface area contributed by atoms with Gasteiger partial charge in [-0.15, -0.1) is 0 Å². The van der Waals surface area contributed by atoms with Crippen LogP contribution in [0.1, 0.15) is 12.5 Å². The number of nitrogens with one attached hydrogen (secondary N) is 1. The predicted octanol–water partition coefficient (Wildman–Crippen LogP) is 1.28. The minimum atomic E-state index is -0.112. The van der Waals surface area contributed by atoms with Crippen LogP contribution in [0, 0.1) is 5.92 Å². The molecule has 116 valence electrons. The zero-order chi connectivity index (χ0) is 15.2. The number of benzene rings is 1. The summed E-state index contributed by atoms with van der Waals surface area (Å²) in [4.78, 5) is 14.3. The zero-order valence-corrected chi connectivity index (χ0v) is 13.0. The Morgan fingerprint density at radius 3 is 2.90 bits per heavy atom. The highest BCUT2D eigenvalue weighted by Gasteiger charge is 2.34. The molecular weight excluding hydrogens is 268 g/mol. The van der Waals surface area contributed by atoms with Gasteiger partial charge in [0.1, 0.15) is 5.75 Å². The first kappa shape index (κ1) is 15.8. The Morgan fingerprint density at radius 1 is 1.43 bits per heavy atom. The third kappa shape index (κ3) is 3.74. The molecule has 0 radical (unpaired) electrons. The molecule has 0 bridgehead atoms. The number of amides is 1. The predicted molar refractivity (Wildman–Crippen MR) is 81.2 cm³/mol. The number of ether oxygens (including phenoxy) is 2. The van der Waals surface area contributed by atoms with E-state index in [-0.39, 0.29) is 17.9 Å². The molecule has 1 aromatic rings. The number of carbonyl (C=O) groups is 1. The van der Waals surface area contributed by atoms with E-state index in [0.717, 1.165) is 11.3 Å². The molecule has 1 N–H and O–H groups in total. The lowest BCUT2D eigenvalue weighted by Gasteiger charge is -2.24. The van der Waals surface area contributed by atoms with Crippen molar-refractivity contribution in [1.29, 1.82) is 0 Å². The van der Waals surface area contributed by atoms with Crippen LogP contribution >= 0.6 is 0 Å². The minimum absolute atomic E-state index is 0.0992. The molecule has 1 heterocycles. The van der Waals surface area contributed by atoms with Crippen LogP contribution in [0.2, 0.25) is 0 Å². The summed E-state index contributed by atoms with van der Waals surface area (Å²) < 4.78 is 11.0. The molecule has 1 amide bonds. The van der Waals surface area contributed by atoms with Crippen LogP contribution in [-0.4, -0.2) is 50.8 Å². The molecule has 5 heteroatoms. The van der Waals surface area contributed by atoms with Gasteiger partial charge in [0, 0.05) is 25.2 Å².